The van der Waals surface area contributed by atoms with E-state index in [-0.39, 0.29) is 24.7 Å². The van der Waals surface area contributed by atoms with Crippen LogP contribution >= 0.6 is 0 Å². The van der Waals surface area contributed by atoms with Crippen molar-refractivity contribution >= 4 is 33.7 Å². The molecule has 1 heterocycles. The van der Waals surface area contributed by atoms with Gasteiger partial charge in [-0.15, -0.1) is 0 Å². The van der Waals surface area contributed by atoms with Crippen LogP contribution in [0.4, 0.5) is 0 Å². The van der Waals surface area contributed by atoms with Crippen LogP contribution in [-0.4, -0.2) is 34.5 Å². The summed E-state index contributed by atoms with van der Waals surface area (Å²) >= 11 is 0. The number of aryl methyl sites for hydroxylation is 1. The van der Waals surface area contributed by atoms with E-state index in [2.05, 4.69) is 66.1 Å². The molecule has 0 fully saturated rings. The molecule has 34 heavy (non-hydrogen) atoms. The largest absolute Gasteiger partial charge is 0.466 e. The van der Waals surface area contributed by atoms with E-state index in [1.54, 1.807) is 6.92 Å². The van der Waals surface area contributed by atoms with Crippen LogP contribution in [0.3, 0.4) is 0 Å². The highest BCUT2D eigenvalue weighted by Gasteiger charge is 2.17. The highest BCUT2D eigenvalue weighted by molar-refractivity contribution is 6.08. The number of rotatable bonds is 10. The van der Waals surface area contributed by atoms with Crippen LogP contribution in [0.1, 0.15) is 37.8 Å². The van der Waals surface area contributed by atoms with E-state index in [4.69, 9.17) is 4.74 Å². The number of nitrogens with zero attached hydrogens (tertiary/aromatic N) is 2. The van der Waals surface area contributed by atoms with Gasteiger partial charge in [-0.25, -0.2) is 0 Å². The van der Waals surface area contributed by atoms with Gasteiger partial charge in [0.15, 0.2) is 0 Å². The smallest absolute Gasteiger partial charge is 0.306 e. The zero-order chi connectivity index (χ0) is 23.9. The van der Waals surface area contributed by atoms with Gasteiger partial charge in [0.2, 0.25) is 5.91 Å². The number of hydrogen-bond donors (Lipinski definition) is 0. The van der Waals surface area contributed by atoms with E-state index >= 15 is 0 Å². The second-order valence-electron chi connectivity index (χ2n) is 8.47. The highest BCUT2D eigenvalue weighted by Crippen LogP contribution is 2.30. The van der Waals surface area contributed by atoms with E-state index in [0.29, 0.717) is 19.7 Å². The normalized spacial score (nSPS) is 11.1. The van der Waals surface area contributed by atoms with Crippen molar-refractivity contribution in [3.05, 3.63) is 83.9 Å². The molecule has 0 aliphatic heterocycles. The molecule has 0 bridgehead atoms. The van der Waals surface area contributed by atoms with Gasteiger partial charge in [0.05, 0.1) is 13.0 Å². The van der Waals surface area contributed by atoms with E-state index in [9.17, 15) is 9.59 Å². The average molecular weight is 457 g/mol. The molecule has 1 aromatic heterocycles. The van der Waals surface area contributed by atoms with Crippen molar-refractivity contribution in [1.29, 1.82) is 0 Å². The first-order chi connectivity index (χ1) is 16.6. The lowest BCUT2D eigenvalue weighted by molar-refractivity contribution is -0.145. The van der Waals surface area contributed by atoms with Gasteiger partial charge in [-0.3, -0.25) is 9.59 Å². The Kier molecular flexibility index (Phi) is 7.63. The number of fused-ring (bicyclic) bond motifs is 3. The summed E-state index contributed by atoms with van der Waals surface area (Å²) in [5.41, 5.74) is 4.71. The number of aromatic nitrogens is 1. The fourth-order valence-electron chi connectivity index (χ4n) is 4.56. The lowest BCUT2D eigenvalue weighted by Crippen LogP contribution is -2.32. The molecular formula is C29H32N2O3. The maximum Gasteiger partial charge on any atom is 0.306 e. The first-order valence-electron chi connectivity index (χ1n) is 12.1. The molecule has 0 saturated heterocycles. The number of carbonyl (C=O) groups excluding carboxylic acids is 2. The Hall–Kier alpha value is -3.60. The SMILES string of the molecule is CCOC(=O)CCC(=O)N(CCc1ccccc1)Cc1ccc2c(c1)c1ccccc1n2CC. The van der Waals surface area contributed by atoms with Crippen molar-refractivity contribution in [3.63, 3.8) is 0 Å². The number of hydrogen-bond acceptors (Lipinski definition) is 3. The molecule has 3 aromatic carbocycles. The highest BCUT2D eigenvalue weighted by atomic mass is 16.5. The van der Waals surface area contributed by atoms with Crippen LogP contribution in [0, 0.1) is 0 Å². The Morgan fingerprint density at radius 3 is 2.32 bits per heavy atom. The lowest BCUT2D eigenvalue weighted by Gasteiger charge is -2.23. The minimum Gasteiger partial charge on any atom is -0.466 e. The molecular weight excluding hydrogens is 424 g/mol. The minimum atomic E-state index is -0.326. The van der Waals surface area contributed by atoms with Crippen molar-refractivity contribution < 1.29 is 14.3 Å². The fourth-order valence-corrected chi connectivity index (χ4v) is 4.56. The standard InChI is InChI=1S/C29H32N2O3/c1-3-31-26-13-9-8-12-24(26)25-20-23(14-15-27(25)31)21-30(19-18-22-10-6-5-7-11-22)28(32)16-17-29(33)34-4-2/h5-15,20H,3-4,16-19,21H2,1-2H3. The van der Waals surface area contributed by atoms with Crippen molar-refractivity contribution in [2.24, 2.45) is 0 Å². The Bertz CT molecular complexity index is 1280. The molecule has 0 spiro atoms. The van der Waals surface area contributed by atoms with Gasteiger partial charge in [-0.2, -0.15) is 0 Å². The molecule has 4 aromatic rings. The van der Waals surface area contributed by atoms with Crippen LogP contribution in [0.25, 0.3) is 21.8 Å². The number of esters is 1. The summed E-state index contributed by atoms with van der Waals surface area (Å²) < 4.78 is 7.34. The predicted molar refractivity (Wildman–Crippen MR) is 137 cm³/mol. The number of carbonyl (C=O) groups is 2. The second-order valence-corrected chi connectivity index (χ2v) is 8.47. The Balaban J connectivity index is 1.58. The van der Waals surface area contributed by atoms with Crippen LogP contribution in [0.15, 0.2) is 72.8 Å². The molecule has 0 aliphatic rings. The van der Waals surface area contributed by atoms with Gasteiger partial charge in [0.25, 0.3) is 0 Å². The average Bonchev–Trinajstić information content (AvgIpc) is 3.19. The Morgan fingerprint density at radius 2 is 1.56 bits per heavy atom. The van der Waals surface area contributed by atoms with Gasteiger partial charge in [0, 0.05) is 47.9 Å². The van der Waals surface area contributed by atoms with Crippen molar-refractivity contribution in [2.75, 3.05) is 13.2 Å². The van der Waals surface area contributed by atoms with Gasteiger partial charge in [-0.05, 0) is 49.6 Å². The third kappa shape index (κ3) is 5.30. The van der Waals surface area contributed by atoms with Gasteiger partial charge >= 0.3 is 5.97 Å². The number of para-hydroxylation sites is 1. The van der Waals surface area contributed by atoms with Crippen molar-refractivity contribution in [1.82, 2.24) is 9.47 Å². The Morgan fingerprint density at radius 1 is 0.824 bits per heavy atom. The van der Waals surface area contributed by atoms with E-state index in [1.807, 2.05) is 23.1 Å². The molecule has 176 valence electrons. The lowest BCUT2D eigenvalue weighted by atomic mass is 10.1. The van der Waals surface area contributed by atoms with Gasteiger partial charge in [0.1, 0.15) is 0 Å². The summed E-state index contributed by atoms with van der Waals surface area (Å²) in [5, 5.41) is 2.43. The molecule has 0 aliphatic carbocycles. The van der Waals surface area contributed by atoms with E-state index in [1.165, 1.54) is 27.4 Å². The Labute approximate surface area is 200 Å². The first-order valence-corrected chi connectivity index (χ1v) is 12.1. The molecule has 5 nitrogen and oxygen atoms in total. The maximum absolute atomic E-state index is 13.1. The predicted octanol–water partition coefficient (Wildman–Crippen LogP) is 5.73. The topological polar surface area (TPSA) is 51.5 Å². The third-order valence-electron chi connectivity index (χ3n) is 6.24. The van der Waals surface area contributed by atoms with Crippen molar-refractivity contribution in [3.8, 4) is 0 Å². The van der Waals surface area contributed by atoms with Gasteiger partial charge < -0.3 is 14.2 Å². The molecule has 0 radical (unpaired) electrons. The molecule has 0 N–H and O–H groups in total. The summed E-state index contributed by atoms with van der Waals surface area (Å²) in [5.74, 6) is -0.354. The monoisotopic (exact) mass is 456 g/mol. The summed E-state index contributed by atoms with van der Waals surface area (Å²) in [6, 6.07) is 25.1. The minimum absolute atomic E-state index is 0.0277. The van der Waals surface area contributed by atoms with Crippen LogP contribution in [0.5, 0.6) is 0 Å². The van der Waals surface area contributed by atoms with Gasteiger partial charge in [-0.1, -0.05) is 54.6 Å². The zero-order valence-corrected chi connectivity index (χ0v) is 20.0. The van der Waals surface area contributed by atoms with Crippen LogP contribution in [0.2, 0.25) is 0 Å². The molecule has 5 heteroatoms. The summed E-state index contributed by atoms with van der Waals surface area (Å²) in [6.45, 7) is 6.27. The summed E-state index contributed by atoms with van der Waals surface area (Å²) in [4.78, 5) is 26.8. The first kappa shape index (κ1) is 23.6. The zero-order valence-electron chi connectivity index (χ0n) is 20.0. The molecule has 0 unspecified atom stereocenters. The number of benzene rings is 3. The molecule has 0 saturated carbocycles. The van der Waals surface area contributed by atoms with Crippen LogP contribution in [-0.2, 0) is 33.8 Å². The molecule has 1 amide bonds. The third-order valence-corrected chi connectivity index (χ3v) is 6.24. The fraction of sp³-hybridized carbons (Fsp3) is 0.310. The van der Waals surface area contributed by atoms with Crippen LogP contribution < -0.4 is 0 Å². The summed E-state index contributed by atoms with van der Waals surface area (Å²) in [7, 11) is 0. The molecule has 0 atom stereocenters. The second kappa shape index (κ2) is 11.0. The quantitative estimate of drug-likeness (QED) is 0.286. The van der Waals surface area contributed by atoms with E-state index < -0.39 is 0 Å². The van der Waals surface area contributed by atoms with E-state index in [0.717, 1.165) is 18.5 Å². The molecule has 4 rings (SSSR count). The van der Waals surface area contributed by atoms with Crippen molar-refractivity contribution in [2.45, 2.75) is 46.2 Å². The number of ether oxygens (including phenoxy) is 1. The maximum atomic E-state index is 13.1. The number of amides is 1. The summed E-state index contributed by atoms with van der Waals surface area (Å²) in [6.07, 6.45) is 1.03.